The van der Waals surface area contributed by atoms with E-state index in [0.29, 0.717) is 17.8 Å². The summed E-state index contributed by atoms with van der Waals surface area (Å²) in [5.74, 6) is -5.82. The summed E-state index contributed by atoms with van der Waals surface area (Å²) in [6, 6.07) is 0. The van der Waals surface area contributed by atoms with Gasteiger partial charge in [-0.05, 0) is 65.4 Å². The molecule has 5 aliphatic rings. The van der Waals surface area contributed by atoms with Crippen LogP contribution in [0.1, 0.15) is 19.3 Å². The van der Waals surface area contributed by atoms with Gasteiger partial charge in [-0.1, -0.05) is 12.2 Å². The molecule has 4 aliphatic carbocycles. The van der Waals surface area contributed by atoms with Crippen LogP contribution in [0.2, 0.25) is 0 Å². The van der Waals surface area contributed by atoms with Gasteiger partial charge in [0.25, 0.3) is 0 Å². The molecule has 1 aliphatic heterocycles. The van der Waals surface area contributed by atoms with E-state index in [-0.39, 0.29) is 24.2 Å². The third-order valence-corrected chi connectivity index (χ3v) is 7.11. The smallest absolute Gasteiger partial charge is 0.334 e. The van der Waals surface area contributed by atoms with Crippen LogP contribution in [0.3, 0.4) is 0 Å². The predicted molar refractivity (Wildman–Crippen MR) is 72.8 cm³/mol. The van der Waals surface area contributed by atoms with E-state index in [9.17, 15) is 19.0 Å². The molecular weight excluding hydrogens is 308 g/mol. The molecule has 124 valence electrons. The van der Waals surface area contributed by atoms with Gasteiger partial charge in [0.05, 0.1) is 0 Å². The van der Waals surface area contributed by atoms with Crippen LogP contribution < -0.4 is 0 Å². The number of nitrogens with zero attached hydrogens (tertiary/aromatic N) is 3. The minimum atomic E-state index is -4.02. The minimum Gasteiger partial charge on any atom is -0.384 e. The average Bonchev–Trinajstić information content (AvgIpc) is 3.25. The fraction of sp³-hybridized carbons (Fsp3) is 0.867. The number of ether oxygens (including phenoxy) is 1. The number of fused-ring (bicyclic) bond motifs is 10. The summed E-state index contributed by atoms with van der Waals surface area (Å²) >= 11 is 0. The molecule has 9 atom stereocenters. The van der Waals surface area contributed by atoms with Gasteiger partial charge in [0.1, 0.15) is 5.60 Å². The van der Waals surface area contributed by atoms with Crippen molar-refractivity contribution in [1.82, 2.24) is 0 Å². The number of aliphatic hydroxyl groups excluding tert-OH is 1. The standard InChI is InChI=1S/C15H17F2N3O3/c16-14(17)12(21)13(23-15(14,22)19-20-18)5-8-4-9(13)11-7-2-1-6(3-7)10(8)11/h1-2,6-12,21-22H,3-5H2. The van der Waals surface area contributed by atoms with Gasteiger partial charge in [-0.3, -0.25) is 0 Å². The lowest BCUT2D eigenvalue weighted by Crippen LogP contribution is -2.54. The number of hydrogen-bond acceptors (Lipinski definition) is 4. The molecule has 0 aromatic rings. The molecule has 0 aromatic heterocycles. The number of allylic oxidation sites excluding steroid dienone is 2. The highest BCUT2D eigenvalue weighted by Crippen LogP contribution is 2.72. The third kappa shape index (κ3) is 1.35. The van der Waals surface area contributed by atoms with Gasteiger partial charge in [0, 0.05) is 4.91 Å². The molecule has 1 spiro atoms. The van der Waals surface area contributed by atoms with Crippen molar-refractivity contribution in [3.05, 3.63) is 22.6 Å². The second-order valence-corrected chi connectivity index (χ2v) is 7.79. The zero-order valence-electron chi connectivity index (χ0n) is 12.2. The summed E-state index contributed by atoms with van der Waals surface area (Å²) < 4.78 is 34.2. The summed E-state index contributed by atoms with van der Waals surface area (Å²) in [6.45, 7) is 0. The van der Waals surface area contributed by atoms with Crippen molar-refractivity contribution >= 4 is 0 Å². The molecule has 5 rings (SSSR count). The van der Waals surface area contributed by atoms with Crippen molar-refractivity contribution < 1.29 is 23.7 Å². The van der Waals surface area contributed by atoms with E-state index >= 15 is 0 Å². The number of alkyl halides is 2. The fourth-order valence-corrected chi connectivity index (χ4v) is 6.53. The Morgan fingerprint density at radius 3 is 2.61 bits per heavy atom. The van der Waals surface area contributed by atoms with E-state index in [1.54, 1.807) is 0 Å². The molecule has 0 amide bonds. The van der Waals surface area contributed by atoms with Crippen molar-refractivity contribution in [2.45, 2.75) is 42.8 Å². The van der Waals surface area contributed by atoms with E-state index in [2.05, 4.69) is 22.2 Å². The van der Waals surface area contributed by atoms with E-state index in [1.807, 2.05) is 0 Å². The number of hydrogen-bond donors (Lipinski definition) is 2. The molecule has 0 aromatic carbocycles. The van der Waals surface area contributed by atoms with Crippen LogP contribution in [-0.4, -0.2) is 33.8 Å². The maximum Gasteiger partial charge on any atom is 0.334 e. The van der Waals surface area contributed by atoms with Gasteiger partial charge in [0.2, 0.25) is 0 Å². The van der Waals surface area contributed by atoms with Crippen molar-refractivity contribution in [2.24, 2.45) is 40.6 Å². The first kappa shape index (κ1) is 14.2. The third-order valence-electron chi connectivity index (χ3n) is 7.11. The van der Waals surface area contributed by atoms with E-state index in [1.165, 1.54) is 0 Å². The van der Waals surface area contributed by atoms with Crippen LogP contribution in [0.15, 0.2) is 17.3 Å². The number of rotatable bonds is 1. The van der Waals surface area contributed by atoms with Crippen molar-refractivity contribution in [2.75, 3.05) is 0 Å². The largest absolute Gasteiger partial charge is 0.384 e. The molecule has 4 fully saturated rings. The van der Waals surface area contributed by atoms with E-state index < -0.39 is 23.5 Å². The quantitative estimate of drug-likeness (QED) is 0.254. The number of halogens is 2. The molecule has 2 N–H and O–H groups in total. The topological polar surface area (TPSA) is 98.5 Å². The Labute approximate surface area is 130 Å². The molecule has 23 heavy (non-hydrogen) atoms. The van der Waals surface area contributed by atoms with Gasteiger partial charge in [-0.15, -0.1) is 0 Å². The summed E-state index contributed by atoms with van der Waals surface area (Å²) in [5.41, 5.74) is 6.99. The van der Waals surface area contributed by atoms with Crippen molar-refractivity contribution in [1.29, 1.82) is 0 Å². The van der Waals surface area contributed by atoms with E-state index in [4.69, 9.17) is 10.3 Å². The normalized spacial score (nSPS) is 60.4. The molecule has 9 unspecified atom stereocenters. The Hall–Kier alpha value is -1.21. The highest BCUT2D eigenvalue weighted by atomic mass is 19.3. The molecule has 1 saturated heterocycles. The predicted octanol–water partition coefficient (Wildman–Crippen LogP) is 2.19. The molecule has 1 heterocycles. The number of azide groups is 1. The van der Waals surface area contributed by atoms with Gasteiger partial charge < -0.3 is 14.9 Å². The van der Waals surface area contributed by atoms with Crippen molar-refractivity contribution in [3.8, 4) is 0 Å². The van der Waals surface area contributed by atoms with Gasteiger partial charge in [0.15, 0.2) is 6.10 Å². The van der Waals surface area contributed by atoms with Crippen LogP contribution in [0.5, 0.6) is 0 Å². The van der Waals surface area contributed by atoms with Crippen LogP contribution in [0.25, 0.3) is 10.4 Å². The zero-order chi connectivity index (χ0) is 16.2. The monoisotopic (exact) mass is 325 g/mol. The highest BCUT2D eigenvalue weighted by molar-refractivity contribution is 5.27. The molecule has 4 bridgehead atoms. The second-order valence-electron chi connectivity index (χ2n) is 7.79. The molecule has 6 nitrogen and oxygen atoms in total. The molecule has 3 saturated carbocycles. The van der Waals surface area contributed by atoms with Crippen LogP contribution in [0.4, 0.5) is 8.78 Å². The lowest BCUT2D eigenvalue weighted by Gasteiger charge is -2.44. The van der Waals surface area contributed by atoms with Crippen LogP contribution >= 0.6 is 0 Å². The lowest BCUT2D eigenvalue weighted by atomic mass is 9.65. The van der Waals surface area contributed by atoms with Crippen molar-refractivity contribution in [3.63, 3.8) is 0 Å². The summed E-state index contributed by atoms with van der Waals surface area (Å²) in [6.07, 6.45) is 4.28. The summed E-state index contributed by atoms with van der Waals surface area (Å²) in [5, 5.41) is 23.2. The first-order chi connectivity index (χ1) is 10.8. The maximum atomic E-state index is 14.4. The Morgan fingerprint density at radius 1 is 1.22 bits per heavy atom. The molecular formula is C15H17F2N3O3. The van der Waals surface area contributed by atoms with Gasteiger partial charge >= 0.3 is 11.8 Å². The Bertz CT molecular complexity index is 666. The van der Waals surface area contributed by atoms with Gasteiger partial charge in [-0.2, -0.15) is 8.78 Å². The van der Waals surface area contributed by atoms with Crippen LogP contribution in [-0.2, 0) is 4.74 Å². The lowest BCUT2D eigenvalue weighted by molar-refractivity contribution is -0.295. The highest BCUT2D eigenvalue weighted by Gasteiger charge is 2.80. The van der Waals surface area contributed by atoms with E-state index in [0.717, 1.165) is 12.8 Å². The number of aliphatic hydroxyl groups is 2. The second kappa shape index (κ2) is 3.88. The Morgan fingerprint density at radius 2 is 1.91 bits per heavy atom. The Balaban J connectivity index is 1.58. The summed E-state index contributed by atoms with van der Waals surface area (Å²) in [4.78, 5) is 2.29. The Kier molecular flexibility index (Phi) is 2.39. The van der Waals surface area contributed by atoms with Gasteiger partial charge in [-0.25, -0.2) is 0 Å². The first-order valence-electron chi connectivity index (χ1n) is 8.07. The SMILES string of the molecule is [N-]=[N+]=NC1(O)OC2(CC3CC2C2C4C=CC(C4)C32)C(O)C1(F)F. The van der Waals surface area contributed by atoms with Crippen LogP contribution in [0, 0.1) is 35.5 Å². The maximum absolute atomic E-state index is 14.4. The zero-order valence-corrected chi connectivity index (χ0v) is 12.2. The minimum absolute atomic E-state index is 0.211. The fourth-order valence-electron chi connectivity index (χ4n) is 6.53. The molecule has 0 radical (unpaired) electrons. The summed E-state index contributed by atoms with van der Waals surface area (Å²) in [7, 11) is 0. The first-order valence-corrected chi connectivity index (χ1v) is 8.07. The molecule has 8 heteroatoms. The average molecular weight is 325 g/mol.